The van der Waals surface area contributed by atoms with E-state index in [0.717, 1.165) is 22.3 Å². The van der Waals surface area contributed by atoms with Crippen LogP contribution in [0.25, 0.3) is 22.6 Å². The van der Waals surface area contributed by atoms with Gasteiger partial charge in [0.2, 0.25) is 0 Å². The number of aromatic nitrogens is 2. The number of para-hydroxylation sites is 1. The molecule has 0 amide bonds. The molecule has 0 unspecified atom stereocenters. The minimum atomic E-state index is -0.421. The van der Waals surface area contributed by atoms with Crippen LogP contribution in [0, 0.1) is 10.1 Å². The standard InChI is InChI=1S/C23H15N3O3/c27-23-19-7-3-4-8-21(19)24-22-20(13-15-9-11-17(12-10-15)26(28)29)18-6-2-1-5-16(18)14-25(22)23/h1-13H,14H2. The van der Waals surface area contributed by atoms with Crippen LogP contribution in [0.2, 0.25) is 0 Å². The SMILES string of the molecule is O=c1c2ccccc2nc2n1Cc1ccccc1C2=Cc1ccc([N+](=O)[O-])cc1. The smallest absolute Gasteiger partial charge is 0.269 e. The summed E-state index contributed by atoms with van der Waals surface area (Å²) in [6, 6.07) is 21.6. The molecule has 5 rings (SSSR count). The summed E-state index contributed by atoms with van der Waals surface area (Å²) >= 11 is 0. The van der Waals surface area contributed by atoms with E-state index >= 15 is 0 Å². The van der Waals surface area contributed by atoms with E-state index in [0.29, 0.717) is 23.3 Å². The first-order valence-electron chi connectivity index (χ1n) is 9.16. The van der Waals surface area contributed by atoms with E-state index < -0.39 is 4.92 Å². The van der Waals surface area contributed by atoms with Crippen LogP contribution in [-0.4, -0.2) is 14.5 Å². The van der Waals surface area contributed by atoms with Crippen molar-refractivity contribution < 1.29 is 4.92 Å². The van der Waals surface area contributed by atoms with Crippen LogP contribution in [0.4, 0.5) is 5.69 Å². The molecular formula is C23H15N3O3. The van der Waals surface area contributed by atoms with Crippen LogP contribution < -0.4 is 5.56 Å². The van der Waals surface area contributed by atoms with Gasteiger partial charge in [0.05, 0.1) is 22.4 Å². The number of rotatable bonds is 2. The van der Waals surface area contributed by atoms with Gasteiger partial charge < -0.3 is 0 Å². The maximum absolute atomic E-state index is 13.1. The number of benzene rings is 3. The Labute approximate surface area is 165 Å². The lowest BCUT2D eigenvalue weighted by atomic mass is 9.93. The first-order chi connectivity index (χ1) is 14.1. The van der Waals surface area contributed by atoms with Crippen molar-refractivity contribution in [2.45, 2.75) is 6.54 Å². The molecule has 0 atom stereocenters. The summed E-state index contributed by atoms with van der Waals surface area (Å²) < 4.78 is 1.70. The lowest BCUT2D eigenvalue weighted by molar-refractivity contribution is -0.384. The molecule has 6 nitrogen and oxygen atoms in total. The minimum absolute atomic E-state index is 0.0388. The Morgan fingerprint density at radius 1 is 0.966 bits per heavy atom. The average molecular weight is 381 g/mol. The molecular weight excluding hydrogens is 366 g/mol. The van der Waals surface area contributed by atoms with Gasteiger partial charge in [0.25, 0.3) is 11.2 Å². The number of nitrogens with zero attached hydrogens (tertiary/aromatic N) is 3. The Morgan fingerprint density at radius 3 is 2.48 bits per heavy atom. The third kappa shape index (κ3) is 2.82. The molecule has 4 aromatic rings. The van der Waals surface area contributed by atoms with E-state index in [4.69, 9.17) is 4.98 Å². The molecule has 0 bridgehead atoms. The van der Waals surface area contributed by atoms with Crippen molar-refractivity contribution in [3.63, 3.8) is 0 Å². The van der Waals surface area contributed by atoms with Crippen molar-refractivity contribution in [2.75, 3.05) is 0 Å². The molecule has 3 aromatic carbocycles. The fourth-order valence-electron chi connectivity index (χ4n) is 3.73. The Bertz CT molecular complexity index is 1370. The molecule has 1 aliphatic rings. The summed E-state index contributed by atoms with van der Waals surface area (Å²) in [6.45, 7) is 0.458. The average Bonchev–Trinajstić information content (AvgIpc) is 2.75. The van der Waals surface area contributed by atoms with Gasteiger partial charge in [-0.2, -0.15) is 0 Å². The normalized spacial score (nSPS) is 13.9. The number of nitro benzene ring substituents is 1. The molecule has 29 heavy (non-hydrogen) atoms. The maximum atomic E-state index is 13.1. The number of hydrogen-bond acceptors (Lipinski definition) is 4. The highest BCUT2D eigenvalue weighted by Crippen LogP contribution is 2.32. The molecule has 6 heteroatoms. The van der Waals surface area contributed by atoms with Gasteiger partial charge in [-0.05, 0) is 47.0 Å². The zero-order valence-electron chi connectivity index (χ0n) is 15.3. The summed E-state index contributed by atoms with van der Waals surface area (Å²) in [5, 5.41) is 11.5. The number of fused-ring (bicyclic) bond motifs is 3. The second-order valence-corrected chi connectivity index (χ2v) is 6.91. The van der Waals surface area contributed by atoms with Crippen LogP contribution in [0.5, 0.6) is 0 Å². The van der Waals surface area contributed by atoms with E-state index in [1.807, 2.05) is 48.5 Å². The number of nitro groups is 1. The first kappa shape index (κ1) is 17.1. The zero-order chi connectivity index (χ0) is 20.0. The summed E-state index contributed by atoms with van der Waals surface area (Å²) in [7, 11) is 0. The Kier molecular flexibility index (Phi) is 3.84. The highest BCUT2D eigenvalue weighted by Gasteiger charge is 2.23. The highest BCUT2D eigenvalue weighted by molar-refractivity contribution is 5.93. The molecule has 0 aliphatic carbocycles. The van der Waals surface area contributed by atoms with E-state index in [2.05, 4.69) is 0 Å². The molecule has 1 aromatic heterocycles. The molecule has 140 valence electrons. The molecule has 0 radical (unpaired) electrons. The van der Waals surface area contributed by atoms with Crippen molar-refractivity contribution in [1.82, 2.24) is 9.55 Å². The van der Waals surface area contributed by atoms with E-state index in [1.165, 1.54) is 12.1 Å². The van der Waals surface area contributed by atoms with Crippen molar-refractivity contribution in [2.24, 2.45) is 0 Å². The Morgan fingerprint density at radius 2 is 1.69 bits per heavy atom. The second-order valence-electron chi connectivity index (χ2n) is 6.91. The molecule has 0 saturated heterocycles. The van der Waals surface area contributed by atoms with Gasteiger partial charge in [0, 0.05) is 17.7 Å². The number of hydrogen-bond donors (Lipinski definition) is 0. The van der Waals surface area contributed by atoms with Crippen molar-refractivity contribution >= 4 is 28.2 Å². The van der Waals surface area contributed by atoms with E-state index in [-0.39, 0.29) is 11.2 Å². The predicted octanol–water partition coefficient (Wildman–Crippen LogP) is 4.26. The largest absolute Gasteiger partial charge is 0.288 e. The summed E-state index contributed by atoms with van der Waals surface area (Å²) in [5.41, 5.74) is 4.28. The molecule has 0 N–H and O–H groups in total. The van der Waals surface area contributed by atoms with Gasteiger partial charge in [-0.3, -0.25) is 19.5 Å². The topological polar surface area (TPSA) is 78.0 Å². The zero-order valence-corrected chi connectivity index (χ0v) is 15.3. The van der Waals surface area contributed by atoms with E-state index in [1.54, 1.807) is 22.8 Å². The number of non-ortho nitro benzene ring substituents is 1. The monoisotopic (exact) mass is 381 g/mol. The van der Waals surface area contributed by atoms with Gasteiger partial charge in [0.1, 0.15) is 5.82 Å². The predicted molar refractivity (Wildman–Crippen MR) is 112 cm³/mol. The van der Waals surface area contributed by atoms with Crippen molar-refractivity contribution in [3.8, 4) is 0 Å². The third-order valence-corrected chi connectivity index (χ3v) is 5.15. The lowest BCUT2D eigenvalue weighted by Gasteiger charge is -2.24. The van der Waals surface area contributed by atoms with Crippen molar-refractivity contribution in [3.05, 3.63) is 116 Å². The third-order valence-electron chi connectivity index (χ3n) is 5.15. The van der Waals surface area contributed by atoms with Crippen LogP contribution >= 0.6 is 0 Å². The second kappa shape index (κ2) is 6.53. The quantitative estimate of drug-likeness (QED) is 0.338. The molecule has 1 aliphatic heterocycles. The maximum Gasteiger partial charge on any atom is 0.269 e. The van der Waals surface area contributed by atoms with Crippen LogP contribution in [0.15, 0.2) is 77.6 Å². The van der Waals surface area contributed by atoms with Crippen molar-refractivity contribution in [1.29, 1.82) is 0 Å². The van der Waals surface area contributed by atoms with E-state index in [9.17, 15) is 14.9 Å². The Hall–Kier alpha value is -4.06. The molecule has 0 saturated carbocycles. The molecule has 0 fully saturated rings. The summed E-state index contributed by atoms with van der Waals surface area (Å²) in [6.07, 6.45) is 1.93. The van der Waals surface area contributed by atoms with Gasteiger partial charge >= 0.3 is 0 Å². The van der Waals surface area contributed by atoms with Crippen LogP contribution in [0.1, 0.15) is 22.5 Å². The molecule has 2 heterocycles. The summed E-state index contributed by atoms with van der Waals surface area (Å²) in [4.78, 5) is 28.4. The van der Waals surface area contributed by atoms with Gasteiger partial charge in [-0.25, -0.2) is 4.98 Å². The minimum Gasteiger partial charge on any atom is -0.288 e. The fraction of sp³-hybridized carbons (Fsp3) is 0.0435. The Balaban J connectivity index is 1.77. The van der Waals surface area contributed by atoms with Crippen LogP contribution in [0.3, 0.4) is 0 Å². The lowest BCUT2D eigenvalue weighted by Crippen LogP contribution is -2.29. The van der Waals surface area contributed by atoms with Gasteiger partial charge in [-0.1, -0.05) is 36.4 Å². The molecule has 0 spiro atoms. The van der Waals surface area contributed by atoms with Gasteiger partial charge in [-0.15, -0.1) is 0 Å². The highest BCUT2D eigenvalue weighted by atomic mass is 16.6. The fourth-order valence-corrected chi connectivity index (χ4v) is 3.73. The van der Waals surface area contributed by atoms with Crippen LogP contribution in [-0.2, 0) is 6.54 Å². The first-order valence-corrected chi connectivity index (χ1v) is 9.16. The van der Waals surface area contributed by atoms with Gasteiger partial charge in [0.15, 0.2) is 0 Å². The summed E-state index contributed by atoms with van der Waals surface area (Å²) in [5.74, 6) is 0.603.